The van der Waals surface area contributed by atoms with Gasteiger partial charge in [0.1, 0.15) is 16.6 Å². The van der Waals surface area contributed by atoms with Gasteiger partial charge < -0.3 is 9.84 Å². The molecule has 1 aliphatic heterocycles. The minimum atomic E-state index is -0.469. The van der Waals surface area contributed by atoms with Gasteiger partial charge >= 0.3 is 0 Å². The molecule has 0 spiro atoms. The van der Waals surface area contributed by atoms with Crippen molar-refractivity contribution in [1.29, 1.82) is 5.26 Å². The minimum Gasteiger partial charge on any atom is -0.506 e. The number of aromatic hydroxyl groups is 1. The number of aromatic nitrogens is 1. The van der Waals surface area contributed by atoms with Gasteiger partial charge in [-0.3, -0.25) is 0 Å². The maximum atomic E-state index is 10.4. The topological polar surface area (TPSA) is 66.1 Å². The van der Waals surface area contributed by atoms with Crippen LogP contribution < -0.4 is 0 Å². The van der Waals surface area contributed by atoms with Gasteiger partial charge in [0.15, 0.2) is 0 Å². The van der Waals surface area contributed by atoms with Crippen molar-refractivity contribution in [3.8, 4) is 11.8 Å². The van der Waals surface area contributed by atoms with E-state index < -0.39 is 5.92 Å². The molecule has 1 aliphatic rings. The zero-order valence-electron chi connectivity index (χ0n) is 12.0. The van der Waals surface area contributed by atoms with E-state index in [9.17, 15) is 10.4 Å². The Morgan fingerprint density at radius 3 is 2.80 bits per heavy atom. The van der Waals surface area contributed by atoms with E-state index in [-0.39, 0.29) is 17.8 Å². The molecule has 1 aromatic heterocycles. The van der Waals surface area contributed by atoms with Gasteiger partial charge in [-0.05, 0) is 12.3 Å². The zero-order valence-corrected chi connectivity index (χ0v) is 12.7. The first-order valence-electron chi connectivity index (χ1n) is 6.93. The van der Waals surface area contributed by atoms with Gasteiger partial charge in [0, 0.05) is 11.1 Å². The lowest BCUT2D eigenvalue weighted by molar-refractivity contribution is 0.0591. The molecule has 4 nitrogen and oxygen atoms in total. The second-order valence-electron chi connectivity index (χ2n) is 5.47. The van der Waals surface area contributed by atoms with Crippen LogP contribution in [0.4, 0.5) is 0 Å². The number of halogens is 1. The lowest BCUT2D eigenvalue weighted by Gasteiger charge is -2.17. The number of nitriles is 1. The Hall–Kier alpha value is -1.31. The summed E-state index contributed by atoms with van der Waals surface area (Å²) < 4.78 is 5.69. The lowest BCUT2D eigenvalue weighted by atomic mass is 9.91. The van der Waals surface area contributed by atoms with Crippen LogP contribution in [0.15, 0.2) is 0 Å². The van der Waals surface area contributed by atoms with Gasteiger partial charge in [-0.25, -0.2) is 4.98 Å². The summed E-state index contributed by atoms with van der Waals surface area (Å²) in [6.07, 6.45) is 1.71. The summed E-state index contributed by atoms with van der Waals surface area (Å²) in [6, 6.07) is 2.19. The fourth-order valence-electron chi connectivity index (χ4n) is 2.60. The van der Waals surface area contributed by atoms with E-state index in [0.29, 0.717) is 23.0 Å². The molecule has 2 heterocycles. The minimum absolute atomic E-state index is 0.0567. The first-order valence-corrected chi connectivity index (χ1v) is 7.31. The maximum Gasteiger partial charge on any atom is 0.144 e. The van der Waals surface area contributed by atoms with Gasteiger partial charge in [0.2, 0.25) is 0 Å². The third kappa shape index (κ3) is 2.48. The smallest absolute Gasteiger partial charge is 0.144 e. The standard InChI is InChI=1S/C15H19ClN2O2/c1-4-5-11-12-10(7-20-11)14(19)13(18-15(12)16)9(6-17)8(2)3/h8-9,11,19H,4-5,7H2,1-3H3. The van der Waals surface area contributed by atoms with Crippen molar-refractivity contribution in [1.82, 2.24) is 4.98 Å². The Balaban J connectivity index is 2.51. The number of ether oxygens (including phenoxy) is 1. The second kappa shape index (κ2) is 5.99. The molecule has 2 rings (SSSR count). The van der Waals surface area contributed by atoms with Crippen LogP contribution in [-0.4, -0.2) is 10.1 Å². The highest BCUT2D eigenvalue weighted by atomic mass is 35.5. The first kappa shape index (κ1) is 15.1. The van der Waals surface area contributed by atoms with E-state index in [1.165, 1.54) is 0 Å². The van der Waals surface area contributed by atoms with Crippen LogP contribution in [0.3, 0.4) is 0 Å². The Kier molecular flexibility index (Phi) is 4.52. The van der Waals surface area contributed by atoms with Gasteiger partial charge in [0.25, 0.3) is 0 Å². The fraction of sp³-hybridized carbons (Fsp3) is 0.600. The SMILES string of the molecule is CCCC1OCc2c(O)c(C(C#N)C(C)C)nc(Cl)c21. The number of nitrogens with zero attached hydrogens (tertiary/aromatic N) is 2. The summed E-state index contributed by atoms with van der Waals surface area (Å²) in [7, 11) is 0. The first-order chi connectivity index (χ1) is 9.51. The van der Waals surface area contributed by atoms with Crippen LogP contribution in [0.5, 0.6) is 5.75 Å². The highest BCUT2D eigenvalue weighted by molar-refractivity contribution is 6.30. The Morgan fingerprint density at radius 1 is 1.55 bits per heavy atom. The predicted molar refractivity (Wildman–Crippen MR) is 76.5 cm³/mol. The van der Waals surface area contributed by atoms with Crippen molar-refractivity contribution in [3.63, 3.8) is 0 Å². The summed E-state index contributed by atoms with van der Waals surface area (Å²) in [5.74, 6) is -0.340. The van der Waals surface area contributed by atoms with Crippen LogP contribution in [-0.2, 0) is 11.3 Å². The van der Waals surface area contributed by atoms with Crippen molar-refractivity contribution in [2.75, 3.05) is 0 Å². The van der Waals surface area contributed by atoms with Crippen LogP contribution >= 0.6 is 11.6 Å². The van der Waals surface area contributed by atoms with Gasteiger partial charge in [0.05, 0.1) is 24.7 Å². The van der Waals surface area contributed by atoms with Crippen molar-refractivity contribution < 1.29 is 9.84 Å². The maximum absolute atomic E-state index is 10.4. The quantitative estimate of drug-likeness (QED) is 0.850. The Bertz CT molecular complexity index is 552. The van der Waals surface area contributed by atoms with Crippen molar-refractivity contribution in [3.05, 3.63) is 22.0 Å². The summed E-state index contributed by atoms with van der Waals surface area (Å²) in [5, 5.41) is 20.0. The van der Waals surface area contributed by atoms with Crippen molar-refractivity contribution in [2.24, 2.45) is 5.92 Å². The van der Waals surface area contributed by atoms with Crippen molar-refractivity contribution >= 4 is 11.6 Å². The van der Waals surface area contributed by atoms with E-state index in [1.54, 1.807) is 0 Å². The summed E-state index contributed by atoms with van der Waals surface area (Å²) in [6.45, 7) is 6.25. The molecule has 0 radical (unpaired) electrons. The average Bonchev–Trinajstić information content (AvgIpc) is 2.81. The molecule has 108 valence electrons. The fourth-order valence-corrected chi connectivity index (χ4v) is 2.93. The molecule has 0 fully saturated rings. The van der Waals surface area contributed by atoms with E-state index in [0.717, 1.165) is 18.4 Å². The number of fused-ring (bicyclic) bond motifs is 1. The van der Waals surface area contributed by atoms with Crippen LogP contribution in [0, 0.1) is 17.2 Å². The molecule has 0 saturated heterocycles. The molecule has 2 atom stereocenters. The highest BCUT2D eigenvalue weighted by Crippen LogP contribution is 2.45. The van der Waals surface area contributed by atoms with Crippen LogP contribution in [0.2, 0.25) is 5.15 Å². The molecule has 0 saturated carbocycles. The molecular formula is C15H19ClN2O2. The van der Waals surface area contributed by atoms with Gasteiger partial charge in [-0.2, -0.15) is 5.26 Å². The molecule has 20 heavy (non-hydrogen) atoms. The average molecular weight is 295 g/mol. The van der Waals surface area contributed by atoms with E-state index in [1.807, 2.05) is 13.8 Å². The molecule has 2 unspecified atom stereocenters. The highest BCUT2D eigenvalue weighted by Gasteiger charge is 2.33. The zero-order chi connectivity index (χ0) is 14.9. The Labute approximate surface area is 124 Å². The third-order valence-electron chi connectivity index (χ3n) is 3.70. The number of rotatable bonds is 4. The molecule has 1 aromatic rings. The van der Waals surface area contributed by atoms with Crippen LogP contribution in [0.1, 0.15) is 62.5 Å². The third-order valence-corrected chi connectivity index (χ3v) is 3.98. The molecule has 0 amide bonds. The summed E-state index contributed by atoms with van der Waals surface area (Å²) >= 11 is 6.27. The van der Waals surface area contributed by atoms with Crippen molar-refractivity contribution in [2.45, 2.75) is 52.2 Å². The molecule has 0 bridgehead atoms. The normalized spacial score (nSPS) is 18.9. The Morgan fingerprint density at radius 2 is 2.25 bits per heavy atom. The summed E-state index contributed by atoms with van der Waals surface area (Å²) in [5.41, 5.74) is 1.85. The van der Waals surface area contributed by atoms with E-state index in [4.69, 9.17) is 16.3 Å². The molecular weight excluding hydrogens is 276 g/mol. The van der Waals surface area contributed by atoms with Gasteiger partial charge in [-0.15, -0.1) is 0 Å². The number of hydrogen-bond acceptors (Lipinski definition) is 4. The van der Waals surface area contributed by atoms with E-state index >= 15 is 0 Å². The molecule has 5 heteroatoms. The van der Waals surface area contributed by atoms with E-state index in [2.05, 4.69) is 18.0 Å². The monoisotopic (exact) mass is 294 g/mol. The number of hydrogen-bond donors (Lipinski definition) is 1. The second-order valence-corrected chi connectivity index (χ2v) is 5.83. The predicted octanol–water partition coefficient (Wildman–Crippen LogP) is 4.08. The molecule has 0 aromatic carbocycles. The van der Waals surface area contributed by atoms with Gasteiger partial charge in [-0.1, -0.05) is 38.8 Å². The molecule has 1 N–H and O–H groups in total. The largest absolute Gasteiger partial charge is 0.506 e. The molecule has 0 aliphatic carbocycles. The lowest BCUT2D eigenvalue weighted by Crippen LogP contribution is -2.09. The van der Waals surface area contributed by atoms with Crippen LogP contribution in [0.25, 0.3) is 0 Å². The summed E-state index contributed by atoms with van der Waals surface area (Å²) in [4.78, 5) is 4.28. The number of pyridine rings is 1.